The van der Waals surface area contributed by atoms with Crippen molar-refractivity contribution >= 4 is 25.6 Å². The minimum absolute atomic E-state index is 0.175. The van der Waals surface area contributed by atoms with Crippen LogP contribution in [0.15, 0.2) is 0 Å². The molecule has 13 atom stereocenters. The maximum atomic E-state index is 14.0. The lowest BCUT2D eigenvalue weighted by atomic mass is 9.95. The zero-order valence-electron chi connectivity index (χ0n) is 47.0. The molecule has 0 aromatic carbocycles. The first-order valence-corrected chi connectivity index (χ1v) is 31.2. The maximum absolute atomic E-state index is 14.0. The van der Waals surface area contributed by atoms with Crippen molar-refractivity contribution in [3.63, 3.8) is 0 Å². The Balaban J connectivity index is 2.21. The SMILES string of the molecule is CCCCCCCCCCCC(=O)O[C@H](CCCCCCCCCCC)CC(=O)NC1C(OCC2OC(OCC(O)CO)C(NC(=O)C[C@H](O)CCCCCCCCCCC)C(O)C2O)OC(CO)C(OP(=O)(O)O)C1O. The van der Waals surface area contributed by atoms with Crippen LogP contribution in [-0.4, -0.2) is 169 Å². The van der Waals surface area contributed by atoms with E-state index in [1.807, 2.05) is 0 Å². The van der Waals surface area contributed by atoms with Gasteiger partial charge in [0.25, 0.3) is 0 Å². The van der Waals surface area contributed by atoms with Crippen LogP contribution < -0.4 is 10.6 Å². The lowest BCUT2D eigenvalue weighted by molar-refractivity contribution is -0.304. The third kappa shape index (κ3) is 31.8. The smallest absolute Gasteiger partial charge is 0.462 e. The molecule has 2 aliphatic rings. The fourth-order valence-electron chi connectivity index (χ4n) is 9.88. The van der Waals surface area contributed by atoms with Gasteiger partial charge in [-0.2, -0.15) is 0 Å². The molecule has 0 aliphatic carbocycles. The summed E-state index contributed by atoms with van der Waals surface area (Å²) in [6.45, 7) is 3.64. The molecule has 2 aliphatic heterocycles. The number of phosphoric acid groups is 1. The molecule has 22 heteroatoms. The quantitative estimate of drug-likeness (QED) is 0.0185. The molecule has 2 heterocycles. The molecule has 0 aromatic heterocycles. The highest BCUT2D eigenvalue weighted by molar-refractivity contribution is 7.46. The van der Waals surface area contributed by atoms with Gasteiger partial charge in [0, 0.05) is 6.42 Å². The van der Waals surface area contributed by atoms with Crippen LogP contribution in [0.25, 0.3) is 0 Å². The maximum Gasteiger partial charge on any atom is 0.470 e. The molecule has 0 spiro atoms. The first-order valence-electron chi connectivity index (χ1n) is 29.7. The molecular weight excluding hydrogens is 1020 g/mol. The minimum atomic E-state index is -5.34. The van der Waals surface area contributed by atoms with Crippen molar-refractivity contribution in [1.82, 2.24) is 10.6 Å². The topological polar surface area (TPSA) is 330 Å². The molecule has 21 nitrogen and oxygen atoms in total. The second-order valence-electron chi connectivity index (χ2n) is 21.5. The Hall–Kier alpha value is -1.92. The Morgan fingerprint density at radius 1 is 0.545 bits per heavy atom. The van der Waals surface area contributed by atoms with Crippen LogP contribution in [0, 0.1) is 0 Å². The summed E-state index contributed by atoms with van der Waals surface area (Å²) in [5.74, 6) is -1.89. The summed E-state index contributed by atoms with van der Waals surface area (Å²) in [6, 6.07) is -3.12. The summed E-state index contributed by atoms with van der Waals surface area (Å²) >= 11 is 0. The van der Waals surface area contributed by atoms with E-state index in [0.717, 1.165) is 83.5 Å². The summed E-state index contributed by atoms with van der Waals surface area (Å²) in [5.41, 5.74) is 0. The van der Waals surface area contributed by atoms with Gasteiger partial charge in [-0.25, -0.2) is 4.57 Å². The highest BCUT2D eigenvalue weighted by atomic mass is 31.2. The van der Waals surface area contributed by atoms with Crippen LogP contribution in [0.3, 0.4) is 0 Å². The van der Waals surface area contributed by atoms with Gasteiger partial charge in [-0.05, 0) is 25.7 Å². The molecule has 11 unspecified atom stereocenters. The Morgan fingerprint density at radius 3 is 1.48 bits per heavy atom. The van der Waals surface area contributed by atoms with E-state index in [9.17, 15) is 64.5 Å². The van der Waals surface area contributed by atoms with Crippen LogP contribution in [-0.2, 0) is 47.2 Å². The highest BCUT2D eigenvalue weighted by Crippen LogP contribution is 2.41. The molecule has 2 amide bonds. The molecule has 2 saturated heterocycles. The molecule has 454 valence electrons. The van der Waals surface area contributed by atoms with Crippen molar-refractivity contribution in [2.24, 2.45) is 0 Å². The molecule has 2 rings (SSSR count). The van der Waals surface area contributed by atoms with Gasteiger partial charge in [-0.3, -0.25) is 18.9 Å². The molecular formula is C55H105N2O19P. The fraction of sp³-hybridized carbons (Fsp3) is 0.945. The predicted molar refractivity (Wildman–Crippen MR) is 289 cm³/mol. The van der Waals surface area contributed by atoms with Crippen LogP contribution in [0.5, 0.6) is 0 Å². The van der Waals surface area contributed by atoms with E-state index >= 15 is 0 Å². The van der Waals surface area contributed by atoms with E-state index in [-0.39, 0.29) is 19.3 Å². The average molecular weight is 1130 g/mol. The van der Waals surface area contributed by atoms with Crippen LogP contribution in [0.4, 0.5) is 0 Å². The van der Waals surface area contributed by atoms with E-state index in [0.29, 0.717) is 32.1 Å². The fourth-order valence-corrected chi connectivity index (χ4v) is 10.5. The Morgan fingerprint density at radius 2 is 0.987 bits per heavy atom. The van der Waals surface area contributed by atoms with Crippen molar-refractivity contribution in [3.8, 4) is 0 Å². The highest BCUT2D eigenvalue weighted by Gasteiger charge is 2.51. The van der Waals surface area contributed by atoms with Crippen molar-refractivity contribution < 1.29 is 92.7 Å². The van der Waals surface area contributed by atoms with Gasteiger partial charge in [0.2, 0.25) is 11.8 Å². The molecule has 11 N–H and O–H groups in total. The molecule has 0 aromatic rings. The van der Waals surface area contributed by atoms with Crippen LogP contribution >= 0.6 is 7.82 Å². The van der Waals surface area contributed by atoms with E-state index in [1.165, 1.54) is 70.6 Å². The largest absolute Gasteiger partial charge is 0.470 e. The summed E-state index contributed by atoms with van der Waals surface area (Å²) < 4.78 is 46.3. The lowest BCUT2D eigenvalue weighted by Gasteiger charge is -2.45. The number of esters is 1. The number of hydrogen-bond acceptors (Lipinski definition) is 17. The van der Waals surface area contributed by atoms with Crippen LogP contribution in [0.1, 0.15) is 226 Å². The number of hydrogen-bond donors (Lipinski definition) is 11. The van der Waals surface area contributed by atoms with Gasteiger partial charge in [0.05, 0.1) is 45.4 Å². The zero-order valence-corrected chi connectivity index (χ0v) is 47.9. The number of aliphatic hydroxyl groups excluding tert-OH is 7. The summed E-state index contributed by atoms with van der Waals surface area (Å²) in [7, 11) is -5.34. The van der Waals surface area contributed by atoms with E-state index < -0.39 is 132 Å². The second kappa shape index (κ2) is 42.9. The van der Waals surface area contributed by atoms with Gasteiger partial charge >= 0.3 is 13.8 Å². The normalized spacial score (nSPS) is 25.0. The lowest BCUT2D eigenvalue weighted by Crippen LogP contribution is -2.67. The van der Waals surface area contributed by atoms with Crippen molar-refractivity contribution in [2.45, 2.75) is 306 Å². The van der Waals surface area contributed by atoms with E-state index in [1.54, 1.807) is 0 Å². The second-order valence-corrected chi connectivity index (χ2v) is 22.7. The number of carbonyl (C=O) groups is 3. The van der Waals surface area contributed by atoms with Gasteiger partial charge in [-0.1, -0.05) is 181 Å². The number of aliphatic hydroxyl groups is 7. The van der Waals surface area contributed by atoms with E-state index in [4.69, 9.17) is 28.2 Å². The predicted octanol–water partition coefficient (Wildman–Crippen LogP) is 6.16. The Bertz CT molecular complexity index is 1570. The number of nitrogens with one attached hydrogen (secondary N) is 2. The zero-order chi connectivity index (χ0) is 56.9. The Kier molecular flexibility index (Phi) is 39.6. The first kappa shape index (κ1) is 71.2. The number of unbranched alkanes of at least 4 members (excludes halogenated alkanes) is 24. The van der Waals surface area contributed by atoms with Crippen molar-refractivity contribution in [1.29, 1.82) is 0 Å². The number of ether oxygens (including phenoxy) is 5. The van der Waals surface area contributed by atoms with Gasteiger partial charge in [0.15, 0.2) is 12.6 Å². The molecule has 0 saturated carbocycles. The summed E-state index contributed by atoms with van der Waals surface area (Å²) in [4.78, 5) is 59.8. The average Bonchev–Trinajstić information content (AvgIpc) is 3.38. The number of phosphoric ester groups is 1. The molecule has 0 radical (unpaired) electrons. The van der Waals surface area contributed by atoms with Gasteiger partial charge < -0.3 is 79.9 Å². The number of rotatable bonds is 47. The first-order chi connectivity index (χ1) is 37.0. The Labute approximate surface area is 459 Å². The number of carbonyl (C=O) groups excluding carboxylic acids is 3. The standard InChI is InChI=1S/C55H105N2O19P/c1-4-7-10-13-16-19-22-25-28-31-40(60)34-45(62)56-48-51(66)50(65)44(75-54(48)71-38-41(61)36-58)39-72-55-49(52(67)53(43(37-59)74-55)76-77(68,69)70)57-46(63)35-42(32-29-26-23-20-17-14-11-8-5-2)73-47(64)33-30-27-24-21-18-15-12-9-6-3/h40-44,48-55,58-61,65-67H,4-39H2,1-3H3,(H,56,62)(H,57,63)(H2,68,69,70)/t40-,41?,42-,43?,44?,48?,49?,50?,51?,52?,53?,54?,55?/m1/s1. The minimum Gasteiger partial charge on any atom is -0.462 e. The van der Waals surface area contributed by atoms with Gasteiger partial charge in [-0.15, -0.1) is 0 Å². The third-order valence-electron chi connectivity index (χ3n) is 14.4. The number of amides is 2. The van der Waals surface area contributed by atoms with Crippen molar-refractivity contribution in [2.75, 3.05) is 26.4 Å². The van der Waals surface area contributed by atoms with E-state index in [2.05, 4.69) is 31.4 Å². The third-order valence-corrected chi connectivity index (χ3v) is 15.0. The summed E-state index contributed by atoms with van der Waals surface area (Å²) in [5, 5.41) is 80.0. The molecule has 2 fully saturated rings. The van der Waals surface area contributed by atoms with Gasteiger partial charge in [0.1, 0.15) is 60.9 Å². The summed E-state index contributed by atoms with van der Waals surface area (Å²) in [6.07, 6.45) is 11.7. The van der Waals surface area contributed by atoms with Crippen molar-refractivity contribution in [3.05, 3.63) is 0 Å². The monoisotopic (exact) mass is 1130 g/mol. The molecule has 0 bridgehead atoms. The molecule has 77 heavy (non-hydrogen) atoms. The van der Waals surface area contributed by atoms with Crippen LogP contribution in [0.2, 0.25) is 0 Å².